The van der Waals surface area contributed by atoms with E-state index in [1.54, 1.807) is 42.5 Å². The number of benzene rings is 2. The van der Waals surface area contributed by atoms with Gasteiger partial charge in [-0.1, -0.05) is 24.8 Å². The van der Waals surface area contributed by atoms with Crippen LogP contribution < -0.4 is 25.0 Å². The van der Waals surface area contributed by atoms with Crippen LogP contribution in [-0.2, 0) is 9.59 Å². The normalized spacial score (nSPS) is 10.4. The summed E-state index contributed by atoms with van der Waals surface area (Å²) in [6, 6.07) is 10.5. The maximum Gasteiger partial charge on any atom is 0.240 e. The third kappa shape index (κ3) is 7.45. The highest BCUT2D eigenvalue weighted by Gasteiger charge is 2.11. The minimum Gasteiger partial charge on any atom is -0.495 e. The van der Waals surface area contributed by atoms with Crippen LogP contribution in [0.15, 0.2) is 58.6 Å². The highest BCUT2D eigenvalue weighted by Crippen LogP contribution is 2.36. The third-order valence-corrected chi connectivity index (χ3v) is 4.55. The van der Waals surface area contributed by atoms with Gasteiger partial charge in [0.05, 0.1) is 30.6 Å². The van der Waals surface area contributed by atoms with E-state index in [2.05, 4.69) is 38.4 Å². The molecule has 0 fully saturated rings. The number of methoxy groups -OCH3 is 2. The molecule has 0 radical (unpaired) electrons. The van der Waals surface area contributed by atoms with E-state index in [0.717, 1.165) is 0 Å². The van der Waals surface area contributed by atoms with Crippen LogP contribution in [0.4, 0.5) is 5.69 Å². The number of amides is 2. The fourth-order valence-electron chi connectivity index (χ4n) is 2.52. The SMILES string of the molecule is C=CCOc1c(Br)cc(C=NNC(=O)CCC(=O)Nc2ccccc2OC)cc1OC. The number of para-hydroxylation sites is 2. The van der Waals surface area contributed by atoms with Crippen molar-refractivity contribution in [3.63, 3.8) is 0 Å². The fourth-order valence-corrected chi connectivity index (χ4v) is 3.09. The summed E-state index contributed by atoms with van der Waals surface area (Å²) in [7, 11) is 3.05. The highest BCUT2D eigenvalue weighted by molar-refractivity contribution is 9.10. The molecule has 0 unspecified atom stereocenters. The summed E-state index contributed by atoms with van der Waals surface area (Å²) >= 11 is 3.43. The number of nitrogens with zero attached hydrogens (tertiary/aromatic N) is 1. The van der Waals surface area contributed by atoms with Crippen LogP contribution in [0.2, 0.25) is 0 Å². The molecule has 2 amide bonds. The Balaban J connectivity index is 1.87. The lowest BCUT2D eigenvalue weighted by molar-refractivity contribution is -0.124. The van der Waals surface area contributed by atoms with Gasteiger partial charge in [-0.2, -0.15) is 5.10 Å². The Morgan fingerprint density at radius 1 is 1.10 bits per heavy atom. The van der Waals surface area contributed by atoms with E-state index in [1.165, 1.54) is 20.4 Å². The van der Waals surface area contributed by atoms with Crippen molar-refractivity contribution < 1.29 is 23.8 Å². The number of ether oxygens (including phenoxy) is 3. The van der Waals surface area contributed by atoms with Crippen molar-refractivity contribution in [3.05, 3.63) is 59.1 Å². The van der Waals surface area contributed by atoms with Gasteiger partial charge in [0, 0.05) is 12.8 Å². The zero-order chi connectivity index (χ0) is 22.6. The minimum absolute atomic E-state index is 0.00805. The first kappa shape index (κ1) is 23.9. The molecule has 2 aromatic carbocycles. The second-order valence-electron chi connectivity index (χ2n) is 6.18. The number of hydrogen-bond acceptors (Lipinski definition) is 6. The number of carbonyl (C=O) groups is 2. The molecule has 9 heteroatoms. The lowest BCUT2D eigenvalue weighted by atomic mass is 10.2. The number of carbonyl (C=O) groups excluding carboxylic acids is 2. The summed E-state index contributed by atoms with van der Waals surface area (Å²) in [5.41, 5.74) is 3.64. The fraction of sp³-hybridized carbons (Fsp3) is 0.227. The van der Waals surface area contributed by atoms with Crippen molar-refractivity contribution in [2.75, 3.05) is 26.1 Å². The first-order valence-corrected chi connectivity index (χ1v) is 10.1. The molecule has 8 nitrogen and oxygen atoms in total. The lowest BCUT2D eigenvalue weighted by Crippen LogP contribution is -2.20. The van der Waals surface area contributed by atoms with Gasteiger partial charge in [0.1, 0.15) is 12.4 Å². The van der Waals surface area contributed by atoms with E-state index < -0.39 is 0 Å². The van der Waals surface area contributed by atoms with Crippen LogP contribution in [0.5, 0.6) is 17.2 Å². The van der Waals surface area contributed by atoms with Crippen molar-refractivity contribution in [1.29, 1.82) is 0 Å². The lowest BCUT2D eigenvalue weighted by Gasteiger charge is -2.12. The predicted octanol–water partition coefficient (Wildman–Crippen LogP) is 3.90. The molecule has 0 saturated heterocycles. The Hall–Kier alpha value is -3.33. The van der Waals surface area contributed by atoms with Crippen molar-refractivity contribution in [2.45, 2.75) is 12.8 Å². The van der Waals surface area contributed by atoms with Crippen molar-refractivity contribution >= 4 is 39.6 Å². The van der Waals surface area contributed by atoms with Crippen LogP contribution >= 0.6 is 15.9 Å². The number of halogens is 1. The Labute approximate surface area is 189 Å². The first-order chi connectivity index (χ1) is 15.0. The topological polar surface area (TPSA) is 98.2 Å². The molecule has 0 aliphatic rings. The summed E-state index contributed by atoms with van der Waals surface area (Å²) in [5.74, 6) is 0.921. The number of hydrazone groups is 1. The van der Waals surface area contributed by atoms with Gasteiger partial charge >= 0.3 is 0 Å². The molecule has 0 bridgehead atoms. The molecular weight excluding hydrogens is 466 g/mol. The zero-order valence-corrected chi connectivity index (χ0v) is 18.9. The number of hydrogen-bond donors (Lipinski definition) is 2. The summed E-state index contributed by atoms with van der Waals surface area (Å²) in [6.45, 7) is 3.95. The summed E-state index contributed by atoms with van der Waals surface area (Å²) in [6.07, 6.45) is 3.10. The van der Waals surface area contributed by atoms with Crippen LogP contribution in [0.1, 0.15) is 18.4 Å². The van der Waals surface area contributed by atoms with Gasteiger partial charge in [-0.3, -0.25) is 9.59 Å². The smallest absolute Gasteiger partial charge is 0.240 e. The van der Waals surface area contributed by atoms with Crippen LogP contribution in [-0.4, -0.2) is 38.9 Å². The molecule has 164 valence electrons. The molecule has 0 aromatic heterocycles. The molecule has 0 saturated carbocycles. The minimum atomic E-state index is -0.386. The highest BCUT2D eigenvalue weighted by atomic mass is 79.9. The Bertz CT molecular complexity index is 962. The van der Waals surface area contributed by atoms with Crippen LogP contribution in [0.25, 0.3) is 0 Å². The number of anilines is 1. The molecule has 0 spiro atoms. The Morgan fingerprint density at radius 3 is 2.52 bits per heavy atom. The van der Waals surface area contributed by atoms with Gasteiger partial charge in [0.15, 0.2) is 11.5 Å². The van der Waals surface area contributed by atoms with Crippen molar-refractivity contribution in [3.8, 4) is 17.2 Å². The van der Waals surface area contributed by atoms with Gasteiger partial charge in [0.2, 0.25) is 11.8 Å². The van der Waals surface area contributed by atoms with E-state index in [4.69, 9.17) is 14.2 Å². The van der Waals surface area contributed by atoms with E-state index in [1.807, 2.05) is 0 Å². The number of nitrogens with one attached hydrogen (secondary N) is 2. The molecular formula is C22H24BrN3O5. The molecule has 31 heavy (non-hydrogen) atoms. The molecule has 0 aliphatic carbocycles. The van der Waals surface area contributed by atoms with E-state index in [9.17, 15) is 9.59 Å². The average molecular weight is 490 g/mol. The maximum absolute atomic E-state index is 12.1. The molecule has 0 heterocycles. The Morgan fingerprint density at radius 2 is 1.81 bits per heavy atom. The van der Waals surface area contributed by atoms with Gasteiger partial charge in [-0.05, 0) is 45.8 Å². The van der Waals surface area contributed by atoms with E-state index in [0.29, 0.717) is 39.6 Å². The van der Waals surface area contributed by atoms with Gasteiger partial charge in [-0.15, -0.1) is 0 Å². The first-order valence-electron chi connectivity index (χ1n) is 9.34. The second kappa shape index (κ2) is 12.4. The molecule has 0 aliphatic heterocycles. The van der Waals surface area contributed by atoms with Gasteiger partial charge in [0.25, 0.3) is 0 Å². The second-order valence-corrected chi connectivity index (χ2v) is 7.03. The zero-order valence-electron chi connectivity index (χ0n) is 17.3. The average Bonchev–Trinajstić information content (AvgIpc) is 2.77. The maximum atomic E-state index is 12.1. The quantitative estimate of drug-likeness (QED) is 0.283. The largest absolute Gasteiger partial charge is 0.495 e. The Kier molecular flexibility index (Phi) is 9.57. The van der Waals surface area contributed by atoms with Crippen LogP contribution in [0, 0.1) is 0 Å². The molecule has 0 atom stereocenters. The van der Waals surface area contributed by atoms with Gasteiger partial charge in [-0.25, -0.2) is 5.43 Å². The molecule has 2 N–H and O–H groups in total. The van der Waals surface area contributed by atoms with Crippen molar-refractivity contribution in [2.24, 2.45) is 5.10 Å². The molecule has 2 aromatic rings. The summed E-state index contributed by atoms with van der Waals surface area (Å²) in [4.78, 5) is 24.1. The third-order valence-electron chi connectivity index (χ3n) is 3.96. The standard InChI is InChI=1S/C22H24BrN3O5/c1-4-11-31-22-16(23)12-15(13-19(22)30-3)14-24-26-21(28)10-9-20(27)25-17-7-5-6-8-18(17)29-2/h4-8,12-14H,1,9-11H2,2-3H3,(H,25,27)(H,26,28). The summed E-state index contributed by atoms with van der Waals surface area (Å²) in [5, 5.41) is 6.65. The number of rotatable bonds is 11. The van der Waals surface area contributed by atoms with Crippen LogP contribution in [0.3, 0.4) is 0 Å². The summed E-state index contributed by atoms with van der Waals surface area (Å²) < 4.78 is 16.8. The van der Waals surface area contributed by atoms with E-state index in [-0.39, 0.29) is 24.7 Å². The van der Waals surface area contributed by atoms with E-state index >= 15 is 0 Å². The predicted molar refractivity (Wildman–Crippen MR) is 123 cm³/mol. The monoisotopic (exact) mass is 489 g/mol. The molecule has 2 rings (SSSR count). The van der Waals surface area contributed by atoms with Crippen molar-refractivity contribution in [1.82, 2.24) is 5.43 Å². The van der Waals surface area contributed by atoms with Gasteiger partial charge < -0.3 is 19.5 Å².